The van der Waals surface area contributed by atoms with Crippen LogP contribution in [0.4, 0.5) is 4.39 Å². The van der Waals surface area contributed by atoms with Crippen LogP contribution in [0.1, 0.15) is 35.2 Å². The second-order valence-corrected chi connectivity index (χ2v) is 7.65. The van der Waals surface area contributed by atoms with Crippen LogP contribution in [0.2, 0.25) is 0 Å². The highest BCUT2D eigenvalue weighted by Gasteiger charge is 2.41. The zero-order chi connectivity index (χ0) is 19.6. The predicted molar refractivity (Wildman–Crippen MR) is 102 cm³/mol. The van der Waals surface area contributed by atoms with E-state index >= 15 is 0 Å². The minimum absolute atomic E-state index is 0.00668. The lowest BCUT2D eigenvalue weighted by molar-refractivity contribution is -0.119. The molecule has 2 heterocycles. The van der Waals surface area contributed by atoms with E-state index in [2.05, 4.69) is 5.32 Å². The monoisotopic (exact) mass is 382 g/mol. The third-order valence-electron chi connectivity index (χ3n) is 5.76. The number of likely N-dealkylation sites (tertiary alicyclic amines) is 1. The molecule has 5 nitrogen and oxygen atoms in total. The lowest BCUT2D eigenvalue weighted by Gasteiger charge is -2.38. The molecule has 2 aromatic carbocycles. The van der Waals surface area contributed by atoms with Crippen LogP contribution in [0.25, 0.3) is 0 Å². The van der Waals surface area contributed by atoms with E-state index in [1.54, 1.807) is 42.5 Å². The van der Waals surface area contributed by atoms with Crippen LogP contribution in [-0.2, 0) is 11.4 Å². The number of nitrogens with one attached hydrogen (secondary N) is 1. The van der Waals surface area contributed by atoms with Crippen LogP contribution >= 0.6 is 0 Å². The minimum Gasteiger partial charge on any atom is -0.489 e. The first kappa shape index (κ1) is 18.5. The van der Waals surface area contributed by atoms with Gasteiger partial charge in [0.05, 0.1) is 0 Å². The summed E-state index contributed by atoms with van der Waals surface area (Å²) in [4.78, 5) is 26.1. The minimum atomic E-state index is -0.295. The molecular formula is C22H23FN2O3. The Hall–Kier alpha value is -2.89. The highest BCUT2D eigenvalue weighted by atomic mass is 19.1. The molecule has 2 aromatic rings. The standard InChI is InChI=1S/C22H23FN2O3/c23-19-4-2-1-3-17(19)14-28-18-7-5-16(6-8-18)21(27)25-11-9-22(10-12-25)13-20(26)24-15-22/h1-8H,9-15H2,(H,24,26). The van der Waals surface area contributed by atoms with Crippen LogP contribution in [-0.4, -0.2) is 36.3 Å². The molecule has 0 aromatic heterocycles. The summed E-state index contributed by atoms with van der Waals surface area (Å²) in [6.07, 6.45) is 2.27. The molecule has 1 spiro atoms. The quantitative estimate of drug-likeness (QED) is 0.884. The largest absolute Gasteiger partial charge is 0.489 e. The van der Waals surface area contributed by atoms with E-state index in [1.807, 2.05) is 4.90 Å². The Morgan fingerprint density at radius 3 is 2.46 bits per heavy atom. The summed E-state index contributed by atoms with van der Waals surface area (Å²) in [5.74, 6) is 0.405. The zero-order valence-corrected chi connectivity index (χ0v) is 15.6. The summed E-state index contributed by atoms with van der Waals surface area (Å²) < 4.78 is 19.3. The zero-order valence-electron chi connectivity index (χ0n) is 15.6. The molecular weight excluding hydrogens is 359 g/mol. The molecule has 0 atom stereocenters. The van der Waals surface area contributed by atoms with Crippen molar-refractivity contribution in [3.63, 3.8) is 0 Å². The van der Waals surface area contributed by atoms with Gasteiger partial charge in [0.2, 0.25) is 5.91 Å². The van der Waals surface area contributed by atoms with Gasteiger partial charge in [0.15, 0.2) is 0 Å². The second kappa shape index (κ2) is 7.62. The van der Waals surface area contributed by atoms with Gasteiger partial charge < -0.3 is 15.0 Å². The number of ether oxygens (including phenoxy) is 1. The average Bonchev–Trinajstić information content (AvgIpc) is 3.08. The second-order valence-electron chi connectivity index (χ2n) is 7.65. The Morgan fingerprint density at radius 2 is 1.82 bits per heavy atom. The number of nitrogens with zero attached hydrogens (tertiary/aromatic N) is 1. The van der Waals surface area contributed by atoms with Crippen molar-refractivity contribution in [2.75, 3.05) is 19.6 Å². The average molecular weight is 382 g/mol. The highest BCUT2D eigenvalue weighted by Crippen LogP contribution is 2.37. The summed E-state index contributed by atoms with van der Waals surface area (Å²) in [5.41, 5.74) is 1.12. The number of hydrogen-bond donors (Lipinski definition) is 1. The molecule has 1 N–H and O–H groups in total. The van der Waals surface area contributed by atoms with Gasteiger partial charge in [-0.25, -0.2) is 4.39 Å². The SMILES string of the molecule is O=C1CC2(CCN(C(=O)c3ccc(OCc4ccccc4F)cc3)CC2)CN1. The van der Waals surface area contributed by atoms with Crippen LogP contribution in [0.15, 0.2) is 48.5 Å². The summed E-state index contributed by atoms with van der Waals surface area (Å²) in [6, 6.07) is 13.4. The van der Waals surface area contributed by atoms with Gasteiger partial charge in [0.1, 0.15) is 18.2 Å². The van der Waals surface area contributed by atoms with Gasteiger partial charge in [0.25, 0.3) is 5.91 Å². The van der Waals surface area contributed by atoms with E-state index in [-0.39, 0.29) is 29.7 Å². The van der Waals surface area contributed by atoms with Crippen molar-refractivity contribution < 1.29 is 18.7 Å². The van der Waals surface area contributed by atoms with Gasteiger partial charge in [0, 0.05) is 37.2 Å². The first-order valence-electron chi connectivity index (χ1n) is 9.57. The maximum Gasteiger partial charge on any atom is 0.253 e. The molecule has 28 heavy (non-hydrogen) atoms. The molecule has 2 aliphatic heterocycles. The van der Waals surface area contributed by atoms with Crippen molar-refractivity contribution in [3.05, 3.63) is 65.5 Å². The maximum absolute atomic E-state index is 13.6. The van der Waals surface area contributed by atoms with E-state index in [9.17, 15) is 14.0 Å². The van der Waals surface area contributed by atoms with E-state index in [4.69, 9.17) is 4.74 Å². The first-order valence-corrected chi connectivity index (χ1v) is 9.57. The Bertz CT molecular complexity index is 874. The molecule has 6 heteroatoms. The fourth-order valence-electron chi connectivity index (χ4n) is 3.94. The summed E-state index contributed by atoms with van der Waals surface area (Å²) in [6.45, 7) is 2.20. The van der Waals surface area contributed by atoms with Crippen molar-refractivity contribution in [2.45, 2.75) is 25.9 Å². The Balaban J connectivity index is 1.33. The van der Waals surface area contributed by atoms with Crippen LogP contribution in [0.3, 0.4) is 0 Å². The number of rotatable bonds is 4. The normalized spacial score (nSPS) is 18.2. The number of carbonyl (C=O) groups is 2. The fourth-order valence-corrected chi connectivity index (χ4v) is 3.94. The van der Waals surface area contributed by atoms with Crippen molar-refractivity contribution in [3.8, 4) is 5.75 Å². The van der Waals surface area contributed by atoms with Crippen molar-refractivity contribution in [2.24, 2.45) is 5.41 Å². The fraction of sp³-hybridized carbons (Fsp3) is 0.364. The molecule has 0 bridgehead atoms. The van der Waals surface area contributed by atoms with Crippen molar-refractivity contribution in [1.29, 1.82) is 0 Å². The summed E-state index contributed by atoms with van der Waals surface area (Å²) in [7, 11) is 0. The summed E-state index contributed by atoms with van der Waals surface area (Å²) >= 11 is 0. The predicted octanol–water partition coefficient (Wildman–Crippen LogP) is 3.15. The van der Waals surface area contributed by atoms with Gasteiger partial charge in [-0.2, -0.15) is 0 Å². The lowest BCUT2D eigenvalue weighted by atomic mass is 9.77. The number of amides is 2. The third kappa shape index (κ3) is 3.86. The molecule has 0 unspecified atom stereocenters. The molecule has 146 valence electrons. The van der Waals surface area contributed by atoms with Crippen LogP contribution < -0.4 is 10.1 Å². The molecule has 0 aliphatic carbocycles. The topological polar surface area (TPSA) is 58.6 Å². The molecule has 0 saturated carbocycles. The van der Waals surface area contributed by atoms with Crippen LogP contribution in [0.5, 0.6) is 5.75 Å². The number of piperidine rings is 1. The molecule has 2 saturated heterocycles. The maximum atomic E-state index is 13.6. The summed E-state index contributed by atoms with van der Waals surface area (Å²) in [5, 5.41) is 2.91. The number of benzene rings is 2. The van der Waals surface area contributed by atoms with Gasteiger partial charge in [-0.15, -0.1) is 0 Å². The smallest absolute Gasteiger partial charge is 0.253 e. The van der Waals surface area contributed by atoms with E-state index in [0.29, 0.717) is 36.4 Å². The van der Waals surface area contributed by atoms with Crippen LogP contribution in [0, 0.1) is 11.2 Å². The first-order chi connectivity index (χ1) is 13.5. The third-order valence-corrected chi connectivity index (χ3v) is 5.76. The van der Waals surface area contributed by atoms with Gasteiger partial charge in [-0.1, -0.05) is 18.2 Å². The van der Waals surface area contributed by atoms with Gasteiger partial charge >= 0.3 is 0 Å². The number of halogens is 1. The highest BCUT2D eigenvalue weighted by molar-refractivity contribution is 5.94. The molecule has 2 fully saturated rings. The Morgan fingerprint density at radius 1 is 1.11 bits per heavy atom. The lowest BCUT2D eigenvalue weighted by Crippen LogP contribution is -2.44. The van der Waals surface area contributed by atoms with Crippen molar-refractivity contribution in [1.82, 2.24) is 10.2 Å². The van der Waals surface area contributed by atoms with E-state index in [0.717, 1.165) is 19.4 Å². The van der Waals surface area contributed by atoms with Gasteiger partial charge in [-0.3, -0.25) is 9.59 Å². The molecule has 2 aliphatic rings. The van der Waals surface area contributed by atoms with E-state index in [1.165, 1.54) is 6.07 Å². The van der Waals surface area contributed by atoms with E-state index < -0.39 is 0 Å². The van der Waals surface area contributed by atoms with Gasteiger partial charge in [-0.05, 0) is 48.6 Å². The number of carbonyl (C=O) groups excluding carboxylic acids is 2. The Labute approximate surface area is 163 Å². The molecule has 4 rings (SSSR count). The Kier molecular flexibility index (Phi) is 5.03. The number of hydrogen-bond acceptors (Lipinski definition) is 3. The molecule has 2 amide bonds. The molecule has 0 radical (unpaired) electrons. The van der Waals surface area contributed by atoms with Crippen molar-refractivity contribution >= 4 is 11.8 Å².